The maximum absolute atomic E-state index is 13.9. The molecule has 0 spiro atoms. The number of halogens is 1. The minimum Gasteiger partial charge on any atom is -0.491 e. The van der Waals surface area contributed by atoms with Crippen LogP contribution >= 0.6 is 0 Å². The number of fused-ring (bicyclic) bond motifs is 2. The van der Waals surface area contributed by atoms with E-state index in [9.17, 15) is 14.4 Å². The van der Waals surface area contributed by atoms with Crippen LogP contribution in [0.3, 0.4) is 0 Å². The summed E-state index contributed by atoms with van der Waals surface area (Å²) in [6.45, 7) is 2.47. The van der Waals surface area contributed by atoms with Crippen molar-refractivity contribution in [1.29, 1.82) is 5.26 Å². The molecule has 32 heavy (non-hydrogen) atoms. The molecule has 3 aromatic rings. The van der Waals surface area contributed by atoms with E-state index in [1.807, 2.05) is 4.90 Å². The zero-order chi connectivity index (χ0) is 22.2. The van der Waals surface area contributed by atoms with Gasteiger partial charge in [-0.25, -0.2) is 4.39 Å². The summed E-state index contributed by atoms with van der Waals surface area (Å²) in [7, 11) is 0. The van der Waals surface area contributed by atoms with Crippen LogP contribution in [0.25, 0.3) is 5.69 Å². The largest absolute Gasteiger partial charge is 0.491 e. The van der Waals surface area contributed by atoms with Crippen LogP contribution in [0.2, 0.25) is 0 Å². The summed E-state index contributed by atoms with van der Waals surface area (Å²) in [5.41, 5.74) is 1.33. The summed E-state index contributed by atoms with van der Waals surface area (Å²) in [6, 6.07) is 13.0. The summed E-state index contributed by atoms with van der Waals surface area (Å²) in [5.74, 6) is 0.909. The number of amides is 1. The summed E-state index contributed by atoms with van der Waals surface area (Å²) in [4.78, 5) is 17.2. The molecular weight excluding hydrogens is 409 g/mol. The molecule has 3 fully saturated rings. The minimum absolute atomic E-state index is 0.130. The molecule has 7 nitrogen and oxygen atoms in total. The van der Waals surface area contributed by atoms with Gasteiger partial charge in [-0.05, 0) is 67.1 Å². The highest BCUT2D eigenvalue weighted by atomic mass is 19.1. The monoisotopic (exact) mass is 431 g/mol. The molecule has 2 atom stereocenters. The standard InChI is InChI=1S/C24H22FN5O2/c1-15-17-11-19(12-17)29(23(15)14-32-20-5-3-18(25)4-6-20)24(31)21-10-16(13-26)2-7-22(21)30-27-8-9-28-30/h2-10,15,17,19,23H,11-12,14H2,1H3. The lowest BCUT2D eigenvalue weighted by Crippen LogP contribution is -2.64. The summed E-state index contributed by atoms with van der Waals surface area (Å²) in [5, 5.41) is 17.7. The Kier molecular flexibility index (Phi) is 5.10. The lowest BCUT2D eigenvalue weighted by Gasteiger charge is -2.57. The molecule has 3 aliphatic rings. The van der Waals surface area contributed by atoms with E-state index in [1.54, 1.807) is 42.7 Å². The van der Waals surface area contributed by atoms with Crippen molar-refractivity contribution in [2.45, 2.75) is 31.8 Å². The van der Waals surface area contributed by atoms with E-state index < -0.39 is 0 Å². The Balaban J connectivity index is 1.47. The number of nitrogens with zero attached hydrogens (tertiary/aromatic N) is 5. The van der Waals surface area contributed by atoms with Gasteiger partial charge in [-0.3, -0.25) is 4.79 Å². The third kappa shape index (κ3) is 3.50. The number of ether oxygens (including phenoxy) is 1. The van der Waals surface area contributed by atoms with Gasteiger partial charge in [0.15, 0.2) is 0 Å². The Bertz CT molecular complexity index is 1170. The van der Waals surface area contributed by atoms with Gasteiger partial charge in [0.2, 0.25) is 0 Å². The van der Waals surface area contributed by atoms with Gasteiger partial charge in [-0.15, -0.1) is 0 Å². The Morgan fingerprint density at radius 1 is 1.19 bits per heavy atom. The van der Waals surface area contributed by atoms with Crippen molar-refractivity contribution in [1.82, 2.24) is 19.9 Å². The maximum Gasteiger partial charge on any atom is 0.256 e. The normalized spacial score (nSPS) is 23.8. The number of aromatic nitrogens is 3. The summed E-state index contributed by atoms with van der Waals surface area (Å²) < 4.78 is 19.2. The molecule has 2 unspecified atom stereocenters. The number of benzene rings is 2. The van der Waals surface area contributed by atoms with E-state index in [-0.39, 0.29) is 29.7 Å². The number of hydrogen-bond acceptors (Lipinski definition) is 5. The fourth-order valence-corrected chi connectivity index (χ4v) is 4.82. The first-order valence-electron chi connectivity index (χ1n) is 10.7. The van der Waals surface area contributed by atoms with Crippen LogP contribution in [-0.4, -0.2) is 44.5 Å². The highest BCUT2D eigenvalue weighted by Crippen LogP contribution is 2.47. The van der Waals surface area contributed by atoms with Crippen LogP contribution in [0.5, 0.6) is 5.75 Å². The van der Waals surface area contributed by atoms with Crippen molar-refractivity contribution >= 4 is 5.91 Å². The van der Waals surface area contributed by atoms with Crippen LogP contribution in [0.15, 0.2) is 54.9 Å². The number of hydrogen-bond donors (Lipinski definition) is 0. The molecule has 2 bridgehead atoms. The van der Waals surface area contributed by atoms with E-state index >= 15 is 0 Å². The predicted octanol–water partition coefficient (Wildman–Crippen LogP) is 3.60. The second kappa shape index (κ2) is 8.08. The van der Waals surface area contributed by atoms with Crippen molar-refractivity contribution in [3.8, 4) is 17.5 Å². The van der Waals surface area contributed by atoms with Gasteiger partial charge in [0.25, 0.3) is 5.91 Å². The third-order valence-electron chi connectivity index (χ3n) is 6.71. The van der Waals surface area contributed by atoms with Gasteiger partial charge in [0.05, 0.1) is 41.3 Å². The second-order valence-electron chi connectivity index (χ2n) is 8.45. The Morgan fingerprint density at radius 3 is 2.59 bits per heavy atom. The molecule has 8 heteroatoms. The average Bonchev–Trinajstić information content (AvgIpc) is 3.32. The SMILES string of the molecule is CC1C2CC(C2)N(C(=O)c2cc(C#N)ccc2-n2nccn2)C1COc1ccc(F)cc1. The average molecular weight is 431 g/mol. The molecule has 1 aliphatic carbocycles. The first-order chi connectivity index (χ1) is 15.5. The van der Waals surface area contributed by atoms with Crippen molar-refractivity contribution in [3.05, 3.63) is 71.8 Å². The number of nitriles is 1. The van der Waals surface area contributed by atoms with Crippen molar-refractivity contribution < 1.29 is 13.9 Å². The zero-order valence-corrected chi connectivity index (χ0v) is 17.6. The predicted molar refractivity (Wildman–Crippen MR) is 114 cm³/mol. The van der Waals surface area contributed by atoms with Gasteiger partial charge in [-0.1, -0.05) is 6.92 Å². The Labute approximate surface area is 185 Å². The topological polar surface area (TPSA) is 84.0 Å². The van der Waals surface area contributed by atoms with E-state index in [0.717, 1.165) is 12.8 Å². The number of carbonyl (C=O) groups is 1. The molecule has 2 saturated heterocycles. The molecule has 0 radical (unpaired) electrons. The molecule has 1 saturated carbocycles. The van der Waals surface area contributed by atoms with Gasteiger partial charge in [0, 0.05) is 6.04 Å². The molecule has 2 aromatic carbocycles. The first kappa shape index (κ1) is 20.2. The van der Waals surface area contributed by atoms with E-state index in [1.165, 1.54) is 16.9 Å². The van der Waals surface area contributed by atoms with E-state index in [2.05, 4.69) is 23.2 Å². The van der Waals surface area contributed by atoms with Crippen LogP contribution in [-0.2, 0) is 0 Å². The zero-order valence-electron chi connectivity index (χ0n) is 17.6. The van der Waals surface area contributed by atoms with Gasteiger partial charge < -0.3 is 9.64 Å². The fourth-order valence-electron chi connectivity index (χ4n) is 4.82. The van der Waals surface area contributed by atoms with Gasteiger partial charge in [-0.2, -0.15) is 20.3 Å². The van der Waals surface area contributed by atoms with E-state index in [4.69, 9.17) is 4.74 Å². The Hall–Kier alpha value is -3.73. The third-order valence-corrected chi connectivity index (χ3v) is 6.71. The highest BCUT2D eigenvalue weighted by Gasteiger charge is 2.51. The second-order valence-corrected chi connectivity index (χ2v) is 8.45. The van der Waals surface area contributed by atoms with Crippen LogP contribution < -0.4 is 4.74 Å². The number of piperidine rings is 2. The van der Waals surface area contributed by atoms with Gasteiger partial charge >= 0.3 is 0 Å². The molecule has 162 valence electrons. The van der Waals surface area contributed by atoms with Gasteiger partial charge in [0.1, 0.15) is 18.2 Å². The molecule has 1 amide bonds. The first-order valence-corrected chi connectivity index (χ1v) is 10.7. The number of carbonyl (C=O) groups excluding carboxylic acids is 1. The van der Waals surface area contributed by atoms with Crippen molar-refractivity contribution in [2.24, 2.45) is 11.8 Å². The quantitative estimate of drug-likeness (QED) is 0.616. The molecule has 3 heterocycles. The smallest absolute Gasteiger partial charge is 0.256 e. The van der Waals surface area contributed by atoms with Crippen LogP contribution in [0.1, 0.15) is 35.7 Å². The van der Waals surface area contributed by atoms with Crippen molar-refractivity contribution in [2.75, 3.05) is 6.61 Å². The minimum atomic E-state index is -0.321. The molecule has 1 aromatic heterocycles. The lowest BCUT2D eigenvalue weighted by molar-refractivity contribution is -0.0670. The van der Waals surface area contributed by atoms with Crippen LogP contribution in [0.4, 0.5) is 4.39 Å². The lowest BCUT2D eigenvalue weighted by atomic mass is 9.64. The van der Waals surface area contributed by atoms with E-state index in [0.29, 0.717) is 35.1 Å². The molecule has 6 rings (SSSR count). The highest BCUT2D eigenvalue weighted by molar-refractivity contribution is 5.98. The maximum atomic E-state index is 13.9. The number of rotatable bonds is 5. The molecule has 2 aliphatic heterocycles. The fraction of sp³-hybridized carbons (Fsp3) is 0.333. The Morgan fingerprint density at radius 2 is 1.91 bits per heavy atom. The molecule has 0 N–H and O–H groups in total. The summed E-state index contributed by atoms with van der Waals surface area (Å²) in [6.07, 6.45) is 5.02. The van der Waals surface area contributed by atoms with Crippen LogP contribution in [0, 0.1) is 29.0 Å². The summed E-state index contributed by atoms with van der Waals surface area (Å²) >= 11 is 0. The van der Waals surface area contributed by atoms with Crippen molar-refractivity contribution in [3.63, 3.8) is 0 Å². The molecular formula is C24H22FN5O2.